The molecule has 0 radical (unpaired) electrons. The number of imide groups is 2. The molecule has 2 saturated heterocycles. The number of nitrogens with zero attached hydrogens (tertiary/aromatic N) is 8. The van der Waals surface area contributed by atoms with Gasteiger partial charge >= 0.3 is 22.7 Å². The Morgan fingerprint density at radius 1 is 0.672 bits per heavy atom. The van der Waals surface area contributed by atoms with Crippen LogP contribution in [-0.4, -0.2) is 83.7 Å². The van der Waals surface area contributed by atoms with Crippen molar-refractivity contribution in [1.29, 1.82) is 0 Å². The predicted octanol–water partition coefficient (Wildman–Crippen LogP) is 4.76. The van der Waals surface area contributed by atoms with E-state index in [9.17, 15) is 64.7 Å². The number of fused-ring (bicyclic) bond motifs is 4. The van der Waals surface area contributed by atoms with Crippen LogP contribution in [0.3, 0.4) is 0 Å². The van der Waals surface area contributed by atoms with Gasteiger partial charge in [-0.05, 0) is 36.5 Å². The van der Waals surface area contributed by atoms with E-state index in [2.05, 4.69) is 0 Å². The molecule has 3 fully saturated rings. The topological polar surface area (TPSA) is 283 Å². The number of aromatic hydroxyl groups is 1. The minimum atomic E-state index is -1.22. The number of ether oxygens (including phenoxy) is 1. The lowest BCUT2D eigenvalue weighted by Crippen LogP contribution is -2.43. The Balaban J connectivity index is 1.35. The van der Waals surface area contributed by atoms with E-state index in [0.29, 0.717) is 20.9 Å². The van der Waals surface area contributed by atoms with Gasteiger partial charge in [0.25, 0.3) is 0 Å². The van der Waals surface area contributed by atoms with Crippen molar-refractivity contribution in [3.8, 4) is 11.5 Å². The summed E-state index contributed by atoms with van der Waals surface area (Å²) < 4.78 is 5.23. The Morgan fingerprint density at radius 2 is 1.13 bits per heavy atom. The lowest BCUT2D eigenvalue weighted by Gasteiger charge is -2.42. The molecule has 1 saturated carbocycles. The van der Waals surface area contributed by atoms with E-state index in [1.54, 1.807) is 24.3 Å². The van der Waals surface area contributed by atoms with Crippen LogP contribution in [0.25, 0.3) is 6.08 Å². The summed E-state index contributed by atoms with van der Waals surface area (Å²) in [5.74, 6) is -9.89. The number of hydrogen-bond donors (Lipinski definition) is 1. The minimum Gasteiger partial charge on any atom is -0.504 e. The van der Waals surface area contributed by atoms with E-state index in [4.69, 9.17) is 4.74 Å². The fourth-order valence-electron chi connectivity index (χ4n) is 9.28. The number of hydrogen-bond acceptors (Lipinski definition) is 16. The SMILES string of the molecule is COc1cc(C=CC2C3=CCC4C(=O)N(c5cc([N+](=O)[O-])c(N(C)C)c([N+](=O)[O-])c5)C(=O)C4C3CC3C(=O)N(c4cc([N+](=O)[O-])c(N(C)C)c([N+](=O)[O-])c4)C(=O)C23)ccc1O. The van der Waals surface area contributed by atoms with Gasteiger partial charge in [0, 0.05) is 58.4 Å². The number of rotatable bonds is 11. The lowest BCUT2D eigenvalue weighted by molar-refractivity contribution is -0.392. The summed E-state index contributed by atoms with van der Waals surface area (Å²) in [5, 5.41) is 59.0. The molecule has 316 valence electrons. The molecule has 61 heavy (non-hydrogen) atoms. The molecule has 3 aromatic rings. The molecule has 2 heterocycles. The van der Waals surface area contributed by atoms with E-state index in [0.717, 1.165) is 29.2 Å². The third-order valence-electron chi connectivity index (χ3n) is 11.7. The van der Waals surface area contributed by atoms with Crippen LogP contribution >= 0.6 is 0 Å². The van der Waals surface area contributed by atoms with Crippen molar-refractivity contribution in [3.63, 3.8) is 0 Å². The molecular weight excluding hydrogens is 804 g/mol. The van der Waals surface area contributed by atoms with E-state index >= 15 is 0 Å². The molecular formula is C39H36N8O14. The molecule has 2 aliphatic carbocycles. The average Bonchev–Trinajstić information content (AvgIpc) is 3.61. The summed E-state index contributed by atoms with van der Waals surface area (Å²) in [6.45, 7) is 0. The van der Waals surface area contributed by atoms with Crippen LogP contribution in [0, 0.1) is 76.0 Å². The van der Waals surface area contributed by atoms with Gasteiger partial charge in [0.15, 0.2) is 22.9 Å². The zero-order valence-electron chi connectivity index (χ0n) is 33.0. The molecule has 0 spiro atoms. The first-order chi connectivity index (χ1) is 28.8. The number of benzene rings is 3. The Bertz CT molecular complexity index is 2500. The van der Waals surface area contributed by atoms with Crippen molar-refractivity contribution >= 4 is 75.2 Å². The fraction of sp³-hybridized carbons (Fsp3) is 0.333. The highest BCUT2D eigenvalue weighted by atomic mass is 16.6. The Hall–Kier alpha value is -7.78. The third-order valence-corrected chi connectivity index (χ3v) is 11.7. The number of nitro benzene ring substituents is 4. The van der Waals surface area contributed by atoms with Crippen LogP contribution < -0.4 is 24.3 Å². The molecule has 4 aliphatic rings. The number of amides is 4. The number of carbonyl (C=O) groups is 4. The lowest BCUT2D eigenvalue weighted by atomic mass is 9.58. The van der Waals surface area contributed by atoms with E-state index in [-0.39, 0.29) is 35.7 Å². The molecule has 0 bridgehead atoms. The van der Waals surface area contributed by atoms with Crippen molar-refractivity contribution in [2.24, 2.45) is 35.5 Å². The fourth-order valence-corrected chi connectivity index (χ4v) is 9.28. The van der Waals surface area contributed by atoms with Crippen LogP contribution in [0.15, 0.2) is 60.2 Å². The molecule has 4 amide bonds. The minimum absolute atomic E-state index is 0.0530. The van der Waals surface area contributed by atoms with Gasteiger partial charge in [-0.1, -0.05) is 29.9 Å². The van der Waals surface area contributed by atoms with Crippen molar-refractivity contribution < 1.29 is 48.7 Å². The molecule has 2 aliphatic heterocycles. The van der Waals surface area contributed by atoms with E-state index in [1.165, 1.54) is 52.3 Å². The zero-order chi connectivity index (χ0) is 44.5. The monoisotopic (exact) mass is 840 g/mol. The summed E-state index contributed by atoms with van der Waals surface area (Å²) in [6, 6.07) is 8.06. The summed E-state index contributed by atoms with van der Waals surface area (Å²) in [5.41, 5.74) is -3.50. The molecule has 0 aromatic heterocycles. The predicted molar refractivity (Wildman–Crippen MR) is 215 cm³/mol. The van der Waals surface area contributed by atoms with Crippen LogP contribution in [0.2, 0.25) is 0 Å². The van der Waals surface area contributed by atoms with Gasteiger partial charge in [0.2, 0.25) is 23.6 Å². The highest BCUT2D eigenvalue weighted by Gasteiger charge is 2.62. The number of phenols is 1. The van der Waals surface area contributed by atoms with Gasteiger partial charge in [-0.15, -0.1) is 0 Å². The van der Waals surface area contributed by atoms with Gasteiger partial charge in [-0.2, -0.15) is 0 Å². The highest BCUT2D eigenvalue weighted by Crippen LogP contribution is 2.57. The zero-order valence-corrected chi connectivity index (χ0v) is 33.0. The maximum Gasteiger partial charge on any atom is 0.301 e. The normalized spacial score (nSPS) is 23.1. The van der Waals surface area contributed by atoms with Crippen LogP contribution in [-0.2, 0) is 19.2 Å². The Labute approximate surface area is 344 Å². The molecule has 3 aromatic carbocycles. The number of carbonyl (C=O) groups excluding carboxylic acids is 4. The van der Waals surface area contributed by atoms with Crippen molar-refractivity contribution in [3.05, 3.63) is 106 Å². The molecule has 6 unspecified atom stereocenters. The van der Waals surface area contributed by atoms with E-state index < -0.39 is 113 Å². The Morgan fingerprint density at radius 3 is 1.57 bits per heavy atom. The van der Waals surface area contributed by atoms with Crippen LogP contribution in [0.5, 0.6) is 11.5 Å². The molecule has 6 atom stereocenters. The molecule has 22 nitrogen and oxygen atoms in total. The van der Waals surface area contributed by atoms with Gasteiger partial charge in [0.1, 0.15) is 0 Å². The molecule has 7 rings (SSSR count). The maximum atomic E-state index is 14.6. The first kappa shape index (κ1) is 41.4. The first-order valence-corrected chi connectivity index (χ1v) is 18.6. The standard InChI is InChI=1S/C39H36N8O14/c1-40(2)34-26(44(53)54)13-19(14-27(34)45(55)56)42-36(49)23-10-9-21-22(8-6-18-7-11-30(48)31(12-18)61-5)32-25(17-24(21)33(23)39(42)52)37(50)43(38(32)51)20-15-28(46(57)58)35(41(3)4)29(16-20)47(59)60/h6-9,11-16,22-25,32-33,48H,10,17H2,1-5H3. The molecule has 1 N–H and O–H groups in total. The van der Waals surface area contributed by atoms with Gasteiger partial charge < -0.3 is 19.6 Å². The average molecular weight is 841 g/mol. The second kappa shape index (κ2) is 15.1. The molecule has 22 heteroatoms. The van der Waals surface area contributed by atoms with Crippen LogP contribution in [0.1, 0.15) is 18.4 Å². The van der Waals surface area contributed by atoms with Gasteiger partial charge in [-0.3, -0.25) is 59.6 Å². The van der Waals surface area contributed by atoms with Crippen molar-refractivity contribution in [2.45, 2.75) is 12.8 Å². The summed E-state index contributed by atoms with van der Waals surface area (Å²) in [6.07, 6.45) is 4.65. The quantitative estimate of drug-likeness (QED) is 0.118. The van der Waals surface area contributed by atoms with Gasteiger partial charge in [-0.25, -0.2) is 9.80 Å². The number of methoxy groups -OCH3 is 1. The third kappa shape index (κ3) is 6.60. The Kier molecular flexibility index (Phi) is 10.3. The largest absolute Gasteiger partial charge is 0.504 e. The summed E-state index contributed by atoms with van der Waals surface area (Å²) in [7, 11) is 6.78. The second-order valence-electron chi connectivity index (χ2n) is 15.4. The number of anilines is 4. The highest BCUT2D eigenvalue weighted by molar-refractivity contribution is 6.24. The van der Waals surface area contributed by atoms with Gasteiger partial charge in [0.05, 0.1) is 61.8 Å². The first-order valence-electron chi connectivity index (χ1n) is 18.6. The van der Waals surface area contributed by atoms with Crippen LogP contribution in [0.4, 0.5) is 45.5 Å². The number of nitro groups is 4. The second-order valence-corrected chi connectivity index (χ2v) is 15.4. The summed E-state index contributed by atoms with van der Waals surface area (Å²) in [4.78, 5) is 107. The summed E-state index contributed by atoms with van der Waals surface area (Å²) >= 11 is 0. The van der Waals surface area contributed by atoms with Crippen molar-refractivity contribution in [1.82, 2.24) is 0 Å². The maximum absolute atomic E-state index is 14.6. The van der Waals surface area contributed by atoms with Crippen molar-refractivity contribution in [2.75, 3.05) is 54.9 Å². The van der Waals surface area contributed by atoms with E-state index in [1.807, 2.05) is 0 Å². The number of phenolic OH excluding ortho intramolecular Hbond substituents is 1. The number of allylic oxidation sites excluding steroid dienone is 3. The smallest absolute Gasteiger partial charge is 0.301 e.